The number of sulfone groups is 1. The van der Waals surface area contributed by atoms with Crippen molar-refractivity contribution in [2.24, 2.45) is 0 Å². The van der Waals surface area contributed by atoms with E-state index in [0.29, 0.717) is 29.4 Å². The molecule has 7 nitrogen and oxygen atoms in total. The van der Waals surface area contributed by atoms with Crippen LogP contribution in [-0.2, 0) is 21.1 Å². The first-order chi connectivity index (χ1) is 12.2. The average Bonchev–Trinajstić information content (AvgIpc) is 2.87. The number of halogens is 2. The molecule has 26 heavy (non-hydrogen) atoms. The maximum Gasteiger partial charge on any atom is 0.315 e. The van der Waals surface area contributed by atoms with Crippen molar-refractivity contribution in [3.8, 4) is 0 Å². The molecule has 1 fully saturated rings. The lowest BCUT2D eigenvalue weighted by atomic mass is 10.1. The number of rotatable bonds is 6. The van der Waals surface area contributed by atoms with E-state index in [1.54, 1.807) is 25.1 Å². The van der Waals surface area contributed by atoms with Gasteiger partial charge in [-0.15, -0.1) is 0 Å². The minimum Gasteiger partial charge on any atom is -0.354 e. The zero-order valence-corrected chi connectivity index (χ0v) is 16.5. The van der Waals surface area contributed by atoms with Gasteiger partial charge in [-0.05, 0) is 37.5 Å². The number of carbonyl (C=O) groups excluding carboxylic acids is 2. The first-order valence-corrected chi connectivity index (χ1v) is 10.7. The van der Waals surface area contributed by atoms with Crippen LogP contribution in [0.5, 0.6) is 0 Å². The van der Waals surface area contributed by atoms with Crippen molar-refractivity contribution in [1.29, 1.82) is 0 Å². The molecule has 1 unspecified atom stereocenters. The molecule has 144 valence electrons. The molecule has 0 aromatic heterocycles. The lowest BCUT2D eigenvalue weighted by Gasteiger charge is -2.17. The summed E-state index contributed by atoms with van der Waals surface area (Å²) in [6.07, 6.45) is 0.915. The fourth-order valence-electron chi connectivity index (χ4n) is 2.60. The number of hydrogen-bond acceptors (Lipinski definition) is 4. The largest absolute Gasteiger partial charge is 0.354 e. The fourth-order valence-corrected chi connectivity index (χ4v) is 4.77. The van der Waals surface area contributed by atoms with E-state index in [2.05, 4.69) is 16.0 Å². The Labute approximate surface area is 162 Å². The third kappa shape index (κ3) is 6.34. The van der Waals surface area contributed by atoms with Crippen molar-refractivity contribution in [2.75, 3.05) is 18.1 Å². The Hall–Kier alpha value is -1.51. The third-order valence-electron chi connectivity index (χ3n) is 4.02. The number of amides is 3. The van der Waals surface area contributed by atoms with Crippen LogP contribution in [0.15, 0.2) is 18.2 Å². The summed E-state index contributed by atoms with van der Waals surface area (Å²) in [5.41, 5.74) is 0.858. The molecule has 2 rings (SSSR count). The van der Waals surface area contributed by atoms with Crippen molar-refractivity contribution in [2.45, 2.75) is 31.8 Å². The van der Waals surface area contributed by atoms with Crippen LogP contribution in [-0.4, -0.2) is 50.5 Å². The zero-order valence-electron chi connectivity index (χ0n) is 14.2. The van der Waals surface area contributed by atoms with E-state index >= 15 is 0 Å². The molecule has 2 atom stereocenters. The van der Waals surface area contributed by atoms with E-state index < -0.39 is 28.0 Å². The smallest absolute Gasteiger partial charge is 0.315 e. The molecule has 0 saturated carbocycles. The fraction of sp³-hybridized carbons (Fsp3) is 0.500. The Morgan fingerprint density at radius 1 is 1.31 bits per heavy atom. The molecule has 10 heteroatoms. The van der Waals surface area contributed by atoms with Gasteiger partial charge in [0.05, 0.1) is 11.5 Å². The lowest BCUT2D eigenvalue weighted by Crippen LogP contribution is -2.51. The molecule has 1 aliphatic rings. The van der Waals surface area contributed by atoms with Gasteiger partial charge in [0.1, 0.15) is 6.04 Å². The molecule has 3 N–H and O–H groups in total. The first-order valence-electron chi connectivity index (χ1n) is 8.15. The van der Waals surface area contributed by atoms with Gasteiger partial charge in [-0.25, -0.2) is 13.2 Å². The molecule has 0 bridgehead atoms. The van der Waals surface area contributed by atoms with Crippen molar-refractivity contribution >= 4 is 45.0 Å². The summed E-state index contributed by atoms with van der Waals surface area (Å²) in [6, 6.07) is 3.42. The quantitative estimate of drug-likeness (QED) is 0.647. The summed E-state index contributed by atoms with van der Waals surface area (Å²) in [5, 5.41) is 8.87. The molecule has 0 spiro atoms. The molecule has 1 saturated heterocycles. The molecule has 0 aliphatic carbocycles. The lowest BCUT2D eigenvalue weighted by molar-refractivity contribution is -0.122. The second kappa shape index (κ2) is 8.92. The maximum absolute atomic E-state index is 12.0. The van der Waals surface area contributed by atoms with Crippen LogP contribution in [0, 0.1) is 0 Å². The van der Waals surface area contributed by atoms with Crippen LogP contribution in [0.1, 0.15) is 18.9 Å². The van der Waals surface area contributed by atoms with Crippen molar-refractivity contribution in [1.82, 2.24) is 16.0 Å². The highest BCUT2D eigenvalue weighted by Crippen LogP contribution is 2.21. The van der Waals surface area contributed by atoms with E-state index in [9.17, 15) is 18.0 Å². The van der Waals surface area contributed by atoms with Gasteiger partial charge in [-0.3, -0.25) is 4.79 Å². The van der Waals surface area contributed by atoms with Crippen LogP contribution in [0.4, 0.5) is 4.79 Å². The summed E-state index contributed by atoms with van der Waals surface area (Å²) < 4.78 is 22.8. The van der Waals surface area contributed by atoms with Gasteiger partial charge >= 0.3 is 6.03 Å². The van der Waals surface area contributed by atoms with E-state index in [1.807, 2.05) is 0 Å². The maximum atomic E-state index is 12.0. The van der Waals surface area contributed by atoms with E-state index in [-0.39, 0.29) is 17.4 Å². The Morgan fingerprint density at radius 3 is 2.65 bits per heavy atom. The number of nitrogens with one attached hydrogen (secondary N) is 3. The second-order valence-electron chi connectivity index (χ2n) is 6.22. The van der Waals surface area contributed by atoms with E-state index in [0.717, 1.165) is 5.56 Å². The predicted octanol–water partition coefficient (Wildman–Crippen LogP) is 1.53. The molecule has 1 aliphatic heterocycles. The number of benzene rings is 1. The SMILES string of the molecule is C[C@@H](NC(=O)NC1CCS(=O)(=O)C1)C(=O)NCCc1ccc(Cl)cc1Cl. The van der Waals surface area contributed by atoms with Gasteiger partial charge in [-0.2, -0.15) is 0 Å². The van der Waals surface area contributed by atoms with Gasteiger partial charge < -0.3 is 16.0 Å². The Balaban J connectivity index is 1.72. The minimum absolute atomic E-state index is 0.0666. The van der Waals surface area contributed by atoms with E-state index in [1.165, 1.54) is 0 Å². The van der Waals surface area contributed by atoms with Gasteiger partial charge in [0.2, 0.25) is 5.91 Å². The summed E-state index contributed by atoms with van der Waals surface area (Å²) in [4.78, 5) is 23.9. The highest BCUT2D eigenvalue weighted by molar-refractivity contribution is 7.91. The summed E-state index contributed by atoms with van der Waals surface area (Å²) >= 11 is 11.9. The van der Waals surface area contributed by atoms with Crippen molar-refractivity contribution < 1.29 is 18.0 Å². The molecule has 1 aromatic carbocycles. The van der Waals surface area contributed by atoms with Crippen molar-refractivity contribution in [3.05, 3.63) is 33.8 Å². The summed E-state index contributed by atoms with van der Waals surface area (Å²) in [5.74, 6) is -0.339. The third-order valence-corrected chi connectivity index (χ3v) is 6.37. The highest BCUT2D eigenvalue weighted by Gasteiger charge is 2.29. The topological polar surface area (TPSA) is 104 Å². The highest BCUT2D eigenvalue weighted by atomic mass is 35.5. The van der Waals surface area contributed by atoms with Gasteiger partial charge in [0, 0.05) is 22.6 Å². The van der Waals surface area contributed by atoms with Crippen LogP contribution in [0.3, 0.4) is 0 Å². The van der Waals surface area contributed by atoms with Gasteiger partial charge in [0.15, 0.2) is 9.84 Å². The predicted molar refractivity (Wildman–Crippen MR) is 101 cm³/mol. The summed E-state index contributed by atoms with van der Waals surface area (Å²) in [6.45, 7) is 1.91. The van der Waals surface area contributed by atoms with Crippen LogP contribution >= 0.6 is 23.2 Å². The van der Waals surface area contributed by atoms with E-state index in [4.69, 9.17) is 23.2 Å². The second-order valence-corrected chi connectivity index (χ2v) is 9.29. The Morgan fingerprint density at radius 2 is 2.04 bits per heavy atom. The molecule has 1 heterocycles. The van der Waals surface area contributed by atoms with Crippen LogP contribution in [0.2, 0.25) is 10.0 Å². The monoisotopic (exact) mass is 421 g/mol. The number of urea groups is 1. The van der Waals surface area contributed by atoms with Crippen molar-refractivity contribution in [3.63, 3.8) is 0 Å². The van der Waals surface area contributed by atoms with Crippen LogP contribution < -0.4 is 16.0 Å². The van der Waals surface area contributed by atoms with Crippen LogP contribution in [0.25, 0.3) is 0 Å². The zero-order chi connectivity index (χ0) is 19.3. The Bertz CT molecular complexity index is 786. The Kier molecular flexibility index (Phi) is 7.14. The molecule has 3 amide bonds. The standard InChI is InChI=1S/C16H21Cl2N3O4S/c1-10(20-16(23)21-13-5-7-26(24,25)9-13)15(22)19-6-4-11-2-3-12(17)8-14(11)18/h2-3,8,10,13H,4-7,9H2,1H3,(H,19,22)(H2,20,21,23)/t10-,13?/m1/s1. The van der Waals surface area contributed by atoms with Gasteiger partial charge in [-0.1, -0.05) is 29.3 Å². The first kappa shape index (κ1) is 20.8. The average molecular weight is 422 g/mol. The molecule has 0 radical (unpaired) electrons. The van der Waals surface area contributed by atoms with Gasteiger partial charge in [0.25, 0.3) is 0 Å². The number of carbonyl (C=O) groups is 2. The minimum atomic E-state index is -3.07. The summed E-state index contributed by atoms with van der Waals surface area (Å²) in [7, 11) is -3.07. The molecule has 1 aromatic rings. The molecular formula is C16H21Cl2N3O4S. The normalized spacial score (nSPS) is 19.6. The molecular weight excluding hydrogens is 401 g/mol. The number of hydrogen-bond donors (Lipinski definition) is 3.